The number of hydrogen-bond donors (Lipinski definition) is 3. The molecule has 90 valence electrons. The SMILES string of the molecule is CCNC(=O)NS(=O)(=O)Nc1cnn(C)c1. The predicted molar refractivity (Wildman–Crippen MR) is 58.0 cm³/mol. The van der Waals surface area contributed by atoms with Crippen LogP contribution in [0.4, 0.5) is 10.5 Å². The first-order chi connectivity index (χ1) is 7.43. The minimum Gasteiger partial charge on any atom is -0.338 e. The van der Waals surface area contributed by atoms with Crippen molar-refractivity contribution in [3.05, 3.63) is 12.4 Å². The first-order valence-electron chi connectivity index (χ1n) is 4.50. The molecule has 1 heterocycles. The summed E-state index contributed by atoms with van der Waals surface area (Å²) in [5.74, 6) is 0. The molecule has 0 spiro atoms. The van der Waals surface area contributed by atoms with Crippen molar-refractivity contribution < 1.29 is 13.2 Å². The van der Waals surface area contributed by atoms with Crippen LogP contribution in [-0.4, -0.2) is 30.8 Å². The molecule has 0 atom stereocenters. The van der Waals surface area contributed by atoms with Gasteiger partial charge in [-0.15, -0.1) is 0 Å². The van der Waals surface area contributed by atoms with Crippen molar-refractivity contribution in [2.75, 3.05) is 11.3 Å². The summed E-state index contributed by atoms with van der Waals surface area (Å²) in [6.45, 7) is 2.02. The minimum absolute atomic E-state index is 0.277. The van der Waals surface area contributed by atoms with E-state index in [1.165, 1.54) is 17.1 Å². The summed E-state index contributed by atoms with van der Waals surface area (Å²) < 4.78 is 28.1. The second-order valence-corrected chi connectivity index (χ2v) is 4.38. The molecule has 0 saturated heterocycles. The summed E-state index contributed by atoms with van der Waals surface area (Å²) in [5.41, 5.74) is 0.277. The van der Waals surface area contributed by atoms with Gasteiger partial charge in [-0.05, 0) is 6.92 Å². The van der Waals surface area contributed by atoms with E-state index >= 15 is 0 Å². The lowest BCUT2D eigenvalue weighted by molar-refractivity contribution is 0.246. The second-order valence-electron chi connectivity index (χ2n) is 2.97. The van der Waals surface area contributed by atoms with Gasteiger partial charge in [0.1, 0.15) is 0 Å². The molecule has 0 aliphatic rings. The van der Waals surface area contributed by atoms with Crippen molar-refractivity contribution in [3.8, 4) is 0 Å². The standard InChI is InChI=1S/C7H13N5O3S/c1-3-8-7(13)11-16(14,15)10-6-4-9-12(2)5-6/h4-5,10H,3H2,1-2H3,(H2,8,11,13). The fraction of sp³-hybridized carbons (Fsp3) is 0.429. The average molecular weight is 247 g/mol. The molecule has 3 N–H and O–H groups in total. The molecule has 1 aromatic heterocycles. The van der Waals surface area contributed by atoms with Crippen LogP contribution in [0.25, 0.3) is 0 Å². The molecule has 0 aliphatic carbocycles. The third-order valence-electron chi connectivity index (χ3n) is 1.52. The molecule has 0 radical (unpaired) electrons. The van der Waals surface area contributed by atoms with Crippen LogP contribution in [0.5, 0.6) is 0 Å². The third kappa shape index (κ3) is 3.77. The van der Waals surface area contributed by atoms with E-state index in [1.54, 1.807) is 18.7 Å². The molecule has 0 fully saturated rings. The maximum atomic E-state index is 11.4. The van der Waals surface area contributed by atoms with Gasteiger partial charge in [-0.1, -0.05) is 0 Å². The molecule has 0 aliphatic heterocycles. The van der Waals surface area contributed by atoms with E-state index in [-0.39, 0.29) is 5.69 Å². The molecule has 1 rings (SSSR count). The monoisotopic (exact) mass is 247 g/mol. The highest BCUT2D eigenvalue weighted by molar-refractivity contribution is 7.91. The van der Waals surface area contributed by atoms with Crippen molar-refractivity contribution in [1.82, 2.24) is 19.8 Å². The van der Waals surface area contributed by atoms with Crippen molar-refractivity contribution in [3.63, 3.8) is 0 Å². The maximum Gasteiger partial charge on any atom is 0.329 e. The highest BCUT2D eigenvalue weighted by atomic mass is 32.2. The normalized spacial score (nSPS) is 10.9. The van der Waals surface area contributed by atoms with Crippen molar-refractivity contribution in [2.24, 2.45) is 7.05 Å². The first-order valence-corrected chi connectivity index (χ1v) is 5.98. The van der Waals surface area contributed by atoms with E-state index in [9.17, 15) is 13.2 Å². The van der Waals surface area contributed by atoms with Crippen LogP contribution in [0.15, 0.2) is 12.4 Å². The number of nitrogens with zero attached hydrogens (tertiary/aromatic N) is 2. The topological polar surface area (TPSA) is 105 Å². The fourth-order valence-corrected chi connectivity index (χ4v) is 1.76. The molecule has 9 heteroatoms. The Balaban J connectivity index is 2.62. The van der Waals surface area contributed by atoms with Crippen molar-refractivity contribution >= 4 is 21.9 Å². The van der Waals surface area contributed by atoms with Crippen LogP contribution >= 0.6 is 0 Å². The lowest BCUT2D eigenvalue weighted by Crippen LogP contribution is -2.42. The molecule has 0 saturated carbocycles. The Labute approximate surface area is 93.2 Å². The molecular weight excluding hydrogens is 234 g/mol. The number of nitrogens with one attached hydrogen (secondary N) is 3. The van der Waals surface area contributed by atoms with Gasteiger partial charge < -0.3 is 5.32 Å². The summed E-state index contributed by atoms with van der Waals surface area (Å²) in [6.07, 6.45) is 2.80. The first kappa shape index (κ1) is 12.3. The van der Waals surface area contributed by atoms with Crippen LogP contribution in [0.2, 0.25) is 0 Å². The number of carbonyl (C=O) groups excluding carboxylic acids is 1. The summed E-state index contributed by atoms with van der Waals surface area (Å²) in [4.78, 5) is 11.0. The van der Waals surface area contributed by atoms with Crippen LogP contribution in [0, 0.1) is 0 Å². The number of urea groups is 1. The van der Waals surface area contributed by atoms with E-state index in [0.717, 1.165) is 0 Å². The van der Waals surface area contributed by atoms with E-state index < -0.39 is 16.2 Å². The second kappa shape index (κ2) is 4.84. The van der Waals surface area contributed by atoms with Crippen molar-refractivity contribution in [1.29, 1.82) is 0 Å². The molecule has 16 heavy (non-hydrogen) atoms. The smallest absolute Gasteiger partial charge is 0.329 e. The Hall–Kier alpha value is -1.77. The molecule has 0 aromatic carbocycles. The highest BCUT2D eigenvalue weighted by Gasteiger charge is 2.13. The number of anilines is 1. The van der Waals surface area contributed by atoms with E-state index in [1.807, 2.05) is 0 Å². The van der Waals surface area contributed by atoms with Crippen LogP contribution in [0.1, 0.15) is 6.92 Å². The van der Waals surface area contributed by atoms with Gasteiger partial charge in [0.05, 0.1) is 11.9 Å². The van der Waals surface area contributed by atoms with Crippen LogP contribution < -0.4 is 14.8 Å². The summed E-state index contributed by atoms with van der Waals surface area (Å²) in [5, 5.41) is 6.08. The molecule has 2 amide bonds. The molecular formula is C7H13N5O3S. The number of amides is 2. The zero-order valence-corrected chi connectivity index (χ0v) is 9.71. The molecule has 1 aromatic rings. The van der Waals surface area contributed by atoms with Gasteiger partial charge in [-0.25, -0.2) is 9.52 Å². The quantitative estimate of drug-likeness (QED) is 0.660. The van der Waals surface area contributed by atoms with Crippen LogP contribution in [-0.2, 0) is 17.3 Å². The molecule has 0 bridgehead atoms. The number of aromatic nitrogens is 2. The Morgan fingerprint density at radius 2 is 2.25 bits per heavy atom. The Kier molecular flexibility index (Phi) is 3.72. The Morgan fingerprint density at radius 1 is 1.56 bits per heavy atom. The lowest BCUT2D eigenvalue weighted by atomic mass is 10.6. The maximum absolute atomic E-state index is 11.4. The minimum atomic E-state index is -3.91. The Morgan fingerprint density at radius 3 is 2.75 bits per heavy atom. The number of aryl methyl sites for hydroxylation is 1. The fourth-order valence-electron chi connectivity index (χ4n) is 0.973. The van der Waals surface area contributed by atoms with Gasteiger partial charge in [0.25, 0.3) is 0 Å². The van der Waals surface area contributed by atoms with Gasteiger partial charge in [0.15, 0.2) is 0 Å². The van der Waals surface area contributed by atoms with E-state index in [4.69, 9.17) is 0 Å². The molecule has 8 nitrogen and oxygen atoms in total. The number of rotatable bonds is 4. The van der Waals surface area contributed by atoms with Gasteiger partial charge in [-0.2, -0.15) is 13.5 Å². The summed E-state index contributed by atoms with van der Waals surface area (Å²) in [7, 11) is -2.26. The van der Waals surface area contributed by atoms with E-state index in [0.29, 0.717) is 6.54 Å². The zero-order valence-electron chi connectivity index (χ0n) is 8.89. The van der Waals surface area contributed by atoms with E-state index in [2.05, 4.69) is 15.1 Å². The predicted octanol–water partition coefficient (Wildman–Crippen LogP) is -0.604. The number of hydrogen-bond acceptors (Lipinski definition) is 4. The van der Waals surface area contributed by atoms with Gasteiger partial charge in [0.2, 0.25) is 0 Å². The van der Waals surface area contributed by atoms with Gasteiger partial charge >= 0.3 is 16.2 Å². The highest BCUT2D eigenvalue weighted by Crippen LogP contribution is 2.04. The largest absolute Gasteiger partial charge is 0.338 e. The third-order valence-corrected chi connectivity index (χ3v) is 2.48. The van der Waals surface area contributed by atoms with Gasteiger partial charge in [-0.3, -0.25) is 9.40 Å². The summed E-state index contributed by atoms with van der Waals surface area (Å²) >= 11 is 0. The summed E-state index contributed by atoms with van der Waals surface area (Å²) in [6, 6.07) is -0.779. The Bertz CT molecular complexity index is 466. The average Bonchev–Trinajstić information content (AvgIpc) is 2.49. The zero-order chi connectivity index (χ0) is 12.2. The van der Waals surface area contributed by atoms with Crippen LogP contribution in [0.3, 0.4) is 0 Å². The van der Waals surface area contributed by atoms with Crippen molar-refractivity contribution in [2.45, 2.75) is 6.92 Å². The number of carbonyl (C=O) groups is 1. The lowest BCUT2D eigenvalue weighted by Gasteiger charge is -2.07. The molecule has 0 unspecified atom stereocenters. The van der Waals surface area contributed by atoms with Gasteiger partial charge in [0, 0.05) is 19.8 Å².